The smallest absolute Gasteiger partial charge is 0.335 e. The highest BCUT2D eigenvalue weighted by Crippen LogP contribution is 2.25. The highest BCUT2D eigenvalue weighted by molar-refractivity contribution is 5.88. The fourth-order valence-electron chi connectivity index (χ4n) is 2.92. The Morgan fingerprint density at radius 1 is 1.43 bits per heavy atom. The molecular weight excluding hydrogens is 268 g/mol. The Bertz CT molecular complexity index is 522. The number of benzene rings is 1. The molecule has 0 saturated carbocycles. The molecule has 1 aromatic carbocycles. The molecule has 5 nitrogen and oxygen atoms in total. The van der Waals surface area contributed by atoms with Crippen LogP contribution in [0.25, 0.3) is 0 Å². The van der Waals surface area contributed by atoms with Crippen molar-refractivity contribution in [1.29, 1.82) is 0 Å². The van der Waals surface area contributed by atoms with Crippen LogP contribution >= 0.6 is 0 Å². The molecule has 1 fully saturated rings. The normalized spacial score (nSPS) is 21.2. The predicted octanol–water partition coefficient (Wildman–Crippen LogP) is 1.92. The van der Waals surface area contributed by atoms with Gasteiger partial charge >= 0.3 is 5.97 Å². The molecule has 1 atom stereocenters. The quantitative estimate of drug-likeness (QED) is 0.748. The van der Waals surface area contributed by atoms with E-state index in [9.17, 15) is 9.59 Å². The van der Waals surface area contributed by atoms with E-state index in [0.717, 1.165) is 37.8 Å². The van der Waals surface area contributed by atoms with Crippen LogP contribution in [0.3, 0.4) is 0 Å². The fourth-order valence-corrected chi connectivity index (χ4v) is 2.92. The summed E-state index contributed by atoms with van der Waals surface area (Å²) < 4.78 is 0. The number of amides is 1. The lowest BCUT2D eigenvalue weighted by atomic mass is 9.91. The van der Waals surface area contributed by atoms with Crippen LogP contribution in [-0.4, -0.2) is 29.1 Å². The van der Waals surface area contributed by atoms with Gasteiger partial charge in [0.15, 0.2) is 0 Å². The zero-order chi connectivity index (χ0) is 15.3. The van der Waals surface area contributed by atoms with Crippen molar-refractivity contribution in [3.05, 3.63) is 35.4 Å². The molecular formula is C16H22N2O3. The van der Waals surface area contributed by atoms with Gasteiger partial charge < -0.3 is 15.7 Å². The van der Waals surface area contributed by atoms with Gasteiger partial charge in [0.25, 0.3) is 0 Å². The average Bonchev–Trinajstić information content (AvgIpc) is 2.95. The standard InChI is InChI=1S/C16H22N2O3/c1-2-7-16(8-4-9-18-16)15(21)17-11-12-5-3-6-13(10-12)14(19)20/h3,5-6,10,18H,2,4,7-9,11H2,1H3,(H,17,21)(H,19,20). The molecule has 1 heterocycles. The van der Waals surface area contributed by atoms with Crippen LogP contribution < -0.4 is 10.6 Å². The van der Waals surface area contributed by atoms with Gasteiger partial charge in [-0.3, -0.25) is 4.79 Å². The molecule has 2 rings (SSSR count). The number of carboxylic acids is 1. The molecule has 0 radical (unpaired) electrons. The molecule has 0 bridgehead atoms. The van der Waals surface area contributed by atoms with E-state index >= 15 is 0 Å². The van der Waals surface area contributed by atoms with Crippen molar-refractivity contribution >= 4 is 11.9 Å². The molecule has 0 spiro atoms. The van der Waals surface area contributed by atoms with E-state index in [1.54, 1.807) is 18.2 Å². The van der Waals surface area contributed by atoms with Crippen molar-refractivity contribution in [3.8, 4) is 0 Å². The monoisotopic (exact) mass is 290 g/mol. The van der Waals surface area contributed by atoms with E-state index < -0.39 is 11.5 Å². The zero-order valence-corrected chi connectivity index (χ0v) is 12.3. The largest absolute Gasteiger partial charge is 0.478 e. The molecule has 3 N–H and O–H groups in total. The van der Waals surface area contributed by atoms with E-state index in [4.69, 9.17) is 5.11 Å². The number of aromatic carboxylic acids is 1. The number of carbonyl (C=O) groups is 2. The van der Waals surface area contributed by atoms with Crippen LogP contribution in [0.2, 0.25) is 0 Å². The molecule has 5 heteroatoms. The van der Waals surface area contributed by atoms with Crippen molar-refractivity contribution in [2.24, 2.45) is 0 Å². The van der Waals surface area contributed by atoms with Gasteiger partial charge in [-0.25, -0.2) is 4.79 Å². The maximum Gasteiger partial charge on any atom is 0.335 e. The Labute approximate surface area is 124 Å². The number of carbonyl (C=O) groups excluding carboxylic acids is 1. The summed E-state index contributed by atoms with van der Waals surface area (Å²) in [7, 11) is 0. The van der Waals surface area contributed by atoms with Crippen LogP contribution in [0, 0.1) is 0 Å². The number of rotatable bonds is 6. The van der Waals surface area contributed by atoms with Gasteiger partial charge in [-0.15, -0.1) is 0 Å². The van der Waals surface area contributed by atoms with Gasteiger partial charge in [-0.2, -0.15) is 0 Å². The summed E-state index contributed by atoms with van der Waals surface area (Å²) in [6.45, 7) is 3.31. The van der Waals surface area contributed by atoms with Gasteiger partial charge in [0, 0.05) is 6.54 Å². The van der Waals surface area contributed by atoms with Gasteiger partial charge in [0.2, 0.25) is 5.91 Å². The molecule has 0 aliphatic carbocycles. The first-order valence-corrected chi connectivity index (χ1v) is 7.43. The summed E-state index contributed by atoms with van der Waals surface area (Å²) in [6, 6.07) is 6.66. The highest BCUT2D eigenvalue weighted by Gasteiger charge is 2.39. The van der Waals surface area contributed by atoms with Crippen molar-refractivity contribution in [1.82, 2.24) is 10.6 Å². The Kier molecular flexibility index (Phi) is 4.96. The van der Waals surface area contributed by atoms with Crippen molar-refractivity contribution < 1.29 is 14.7 Å². The average molecular weight is 290 g/mol. The molecule has 1 aliphatic rings. The molecule has 1 unspecified atom stereocenters. The van der Waals surface area contributed by atoms with E-state index in [2.05, 4.69) is 17.6 Å². The van der Waals surface area contributed by atoms with E-state index in [1.165, 1.54) is 0 Å². The first-order valence-electron chi connectivity index (χ1n) is 7.43. The molecule has 21 heavy (non-hydrogen) atoms. The summed E-state index contributed by atoms with van der Waals surface area (Å²) in [6.07, 6.45) is 3.66. The molecule has 0 aromatic heterocycles. The van der Waals surface area contributed by atoms with Crippen molar-refractivity contribution in [2.75, 3.05) is 6.54 Å². The second-order valence-corrected chi connectivity index (χ2v) is 5.55. The predicted molar refractivity (Wildman–Crippen MR) is 80.1 cm³/mol. The number of hydrogen-bond donors (Lipinski definition) is 3. The Balaban J connectivity index is 2.00. The third kappa shape index (κ3) is 3.61. The van der Waals surface area contributed by atoms with Crippen LogP contribution in [-0.2, 0) is 11.3 Å². The maximum atomic E-state index is 12.5. The Morgan fingerprint density at radius 2 is 2.24 bits per heavy atom. The lowest BCUT2D eigenvalue weighted by Gasteiger charge is -2.27. The van der Waals surface area contributed by atoms with Gasteiger partial charge in [0.05, 0.1) is 11.1 Å². The second-order valence-electron chi connectivity index (χ2n) is 5.55. The van der Waals surface area contributed by atoms with Gasteiger partial charge in [-0.05, 0) is 43.5 Å². The Morgan fingerprint density at radius 3 is 2.86 bits per heavy atom. The first kappa shape index (κ1) is 15.5. The molecule has 1 amide bonds. The minimum atomic E-state index is -0.955. The molecule has 1 aromatic rings. The summed E-state index contributed by atoms with van der Waals surface area (Å²) in [5, 5.41) is 15.2. The SMILES string of the molecule is CCCC1(C(=O)NCc2cccc(C(=O)O)c2)CCCN1. The molecule has 1 aliphatic heterocycles. The summed E-state index contributed by atoms with van der Waals surface area (Å²) in [5.41, 5.74) is 0.594. The first-order chi connectivity index (χ1) is 10.1. The Hall–Kier alpha value is -1.88. The van der Waals surface area contributed by atoms with Gasteiger partial charge in [-0.1, -0.05) is 25.5 Å². The summed E-state index contributed by atoms with van der Waals surface area (Å²) in [4.78, 5) is 23.4. The lowest BCUT2D eigenvalue weighted by Crippen LogP contribution is -2.53. The van der Waals surface area contributed by atoms with Crippen LogP contribution in [0.15, 0.2) is 24.3 Å². The number of hydrogen-bond acceptors (Lipinski definition) is 3. The molecule has 1 saturated heterocycles. The third-order valence-corrected chi connectivity index (χ3v) is 3.98. The number of carboxylic acid groups (broad SMARTS) is 1. The van der Waals surface area contributed by atoms with Crippen LogP contribution in [0.4, 0.5) is 0 Å². The van der Waals surface area contributed by atoms with E-state index in [-0.39, 0.29) is 11.5 Å². The van der Waals surface area contributed by atoms with Gasteiger partial charge in [0.1, 0.15) is 0 Å². The zero-order valence-electron chi connectivity index (χ0n) is 12.3. The highest BCUT2D eigenvalue weighted by atomic mass is 16.4. The third-order valence-electron chi connectivity index (χ3n) is 3.98. The van der Waals surface area contributed by atoms with Crippen molar-refractivity contribution in [2.45, 2.75) is 44.7 Å². The topological polar surface area (TPSA) is 78.4 Å². The van der Waals surface area contributed by atoms with Crippen molar-refractivity contribution in [3.63, 3.8) is 0 Å². The fraction of sp³-hybridized carbons (Fsp3) is 0.500. The van der Waals surface area contributed by atoms with E-state index in [1.807, 2.05) is 6.07 Å². The lowest BCUT2D eigenvalue weighted by molar-refractivity contribution is -0.127. The number of nitrogens with one attached hydrogen (secondary N) is 2. The summed E-state index contributed by atoms with van der Waals surface area (Å²) >= 11 is 0. The minimum Gasteiger partial charge on any atom is -0.478 e. The maximum absolute atomic E-state index is 12.5. The minimum absolute atomic E-state index is 0.0163. The summed E-state index contributed by atoms with van der Waals surface area (Å²) in [5.74, 6) is -0.939. The van der Waals surface area contributed by atoms with E-state index in [0.29, 0.717) is 6.54 Å². The molecule has 114 valence electrons. The van der Waals surface area contributed by atoms with Crippen LogP contribution in [0.1, 0.15) is 48.5 Å². The second kappa shape index (κ2) is 6.72. The van der Waals surface area contributed by atoms with Crippen LogP contribution in [0.5, 0.6) is 0 Å².